The molecule has 8 heteroatoms. The second-order valence-corrected chi connectivity index (χ2v) is 7.31. The highest BCUT2D eigenvalue weighted by atomic mass is 16.5. The van der Waals surface area contributed by atoms with Gasteiger partial charge < -0.3 is 15.5 Å². The first-order chi connectivity index (χ1) is 13.7. The van der Waals surface area contributed by atoms with Crippen molar-refractivity contribution in [2.75, 3.05) is 26.2 Å². The highest BCUT2D eigenvalue weighted by Gasteiger charge is 2.34. The summed E-state index contributed by atoms with van der Waals surface area (Å²) in [7, 11) is 0. The van der Waals surface area contributed by atoms with Gasteiger partial charge in [0, 0.05) is 36.7 Å². The molecule has 1 atom stereocenters. The molecule has 0 bridgehead atoms. The largest absolute Gasteiger partial charge is 0.395 e. The monoisotopic (exact) mass is 399 g/mol. The lowest BCUT2D eigenvalue weighted by molar-refractivity contribution is -0.136. The van der Waals surface area contributed by atoms with Gasteiger partial charge in [0.2, 0.25) is 0 Å². The van der Waals surface area contributed by atoms with Gasteiger partial charge in [-0.05, 0) is 50.0 Å². The smallest absolute Gasteiger partial charge is 0.268 e. The van der Waals surface area contributed by atoms with Gasteiger partial charge in [-0.1, -0.05) is 11.8 Å². The van der Waals surface area contributed by atoms with E-state index in [-0.39, 0.29) is 18.1 Å². The van der Waals surface area contributed by atoms with Crippen LogP contribution in [-0.4, -0.2) is 70.0 Å². The molecule has 1 aromatic rings. The molecule has 1 heterocycles. The predicted molar refractivity (Wildman–Crippen MR) is 106 cm³/mol. The first-order valence-corrected chi connectivity index (χ1v) is 9.16. The van der Waals surface area contributed by atoms with Gasteiger partial charge in [0.15, 0.2) is 0 Å². The molecule has 1 aliphatic rings. The second-order valence-electron chi connectivity index (χ2n) is 7.31. The molecule has 0 radical (unpaired) electrons. The summed E-state index contributed by atoms with van der Waals surface area (Å²) < 4.78 is 0. The van der Waals surface area contributed by atoms with Crippen LogP contribution >= 0.6 is 0 Å². The molecule has 0 aliphatic carbocycles. The summed E-state index contributed by atoms with van der Waals surface area (Å²) in [6.07, 6.45) is 0. The summed E-state index contributed by atoms with van der Waals surface area (Å²) >= 11 is 0. The molecule has 2 amide bonds. The van der Waals surface area contributed by atoms with Crippen molar-refractivity contribution in [2.24, 2.45) is 5.92 Å². The van der Waals surface area contributed by atoms with E-state index < -0.39 is 23.5 Å². The maximum atomic E-state index is 12.3. The van der Waals surface area contributed by atoms with Crippen molar-refractivity contribution in [3.05, 3.63) is 35.4 Å². The first-order valence-electron chi connectivity index (χ1n) is 9.16. The van der Waals surface area contributed by atoms with E-state index in [0.717, 1.165) is 13.1 Å². The average molecular weight is 399 g/mol. The van der Waals surface area contributed by atoms with Gasteiger partial charge >= 0.3 is 0 Å². The number of hydroxylamine groups is 1. The quantitative estimate of drug-likeness (QED) is 0.246. The number of carbonyl (C=O) groups excluding carboxylic acids is 2. The summed E-state index contributed by atoms with van der Waals surface area (Å²) in [6, 6.07) is 5.07. The van der Waals surface area contributed by atoms with E-state index in [1.807, 2.05) is 0 Å². The van der Waals surface area contributed by atoms with E-state index in [1.54, 1.807) is 24.3 Å². The van der Waals surface area contributed by atoms with Crippen LogP contribution < -0.4 is 10.8 Å². The molecule has 1 aromatic carbocycles. The zero-order chi connectivity index (χ0) is 21.4. The molecule has 0 saturated carbocycles. The summed E-state index contributed by atoms with van der Waals surface area (Å²) in [5.74, 6) is 10.4. The van der Waals surface area contributed by atoms with E-state index >= 15 is 0 Å². The van der Waals surface area contributed by atoms with Crippen molar-refractivity contribution in [3.8, 4) is 23.7 Å². The van der Waals surface area contributed by atoms with Crippen LogP contribution in [0, 0.1) is 29.6 Å². The van der Waals surface area contributed by atoms with Crippen molar-refractivity contribution < 1.29 is 25.0 Å². The van der Waals surface area contributed by atoms with Crippen molar-refractivity contribution in [2.45, 2.75) is 25.5 Å². The Morgan fingerprint density at radius 3 is 2.45 bits per heavy atom. The van der Waals surface area contributed by atoms with Crippen LogP contribution in [0.1, 0.15) is 29.8 Å². The number of hydrogen-bond acceptors (Lipinski definition) is 6. The van der Waals surface area contributed by atoms with Crippen LogP contribution in [0.15, 0.2) is 24.3 Å². The Kier molecular flexibility index (Phi) is 7.77. The fraction of sp³-hybridized carbons (Fsp3) is 0.429. The first kappa shape index (κ1) is 22.4. The van der Waals surface area contributed by atoms with Crippen LogP contribution in [0.25, 0.3) is 0 Å². The Bertz CT molecular complexity index is 847. The molecular weight excluding hydrogens is 374 g/mol. The third-order valence-corrected chi connectivity index (χ3v) is 4.42. The fourth-order valence-corrected chi connectivity index (χ4v) is 2.77. The number of nitrogens with one attached hydrogen (secondary N) is 2. The minimum absolute atomic E-state index is 0.154. The standard InChI is InChI=1S/C21H25N3O5/c1-21(2,28)18(20(27)23-29)22-19(26)17-9-7-15(8-10-17)5-3-4-6-16-13-24(14-16)11-12-25/h7-10,16,18,25,28-29H,11-14H2,1-2H3,(H,22,26)(H,23,27)/t18-/m1/s1. The maximum absolute atomic E-state index is 12.3. The lowest BCUT2D eigenvalue weighted by Crippen LogP contribution is -2.57. The summed E-state index contributed by atoms with van der Waals surface area (Å²) in [5.41, 5.74) is 0.822. The molecule has 29 heavy (non-hydrogen) atoms. The number of aliphatic hydroxyl groups is 2. The van der Waals surface area contributed by atoms with E-state index in [1.165, 1.54) is 19.3 Å². The summed E-state index contributed by atoms with van der Waals surface area (Å²) in [6.45, 7) is 5.21. The number of carbonyl (C=O) groups is 2. The summed E-state index contributed by atoms with van der Waals surface area (Å²) in [4.78, 5) is 26.1. The molecule has 1 aliphatic heterocycles. The lowest BCUT2D eigenvalue weighted by Gasteiger charge is -2.35. The van der Waals surface area contributed by atoms with Crippen LogP contribution in [0.2, 0.25) is 0 Å². The Balaban J connectivity index is 1.93. The van der Waals surface area contributed by atoms with Gasteiger partial charge in [-0.3, -0.25) is 19.7 Å². The third-order valence-electron chi connectivity index (χ3n) is 4.42. The van der Waals surface area contributed by atoms with E-state index in [2.05, 4.69) is 33.9 Å². The van der Waals surface area contributed by atoms with Gasteiger partial charge in [0.05, 0.1) is 12.2 Å². The molecule has 0 spiro atoms. The molecule has 8 nitrogen and oxygen atoms in total. The van der Waals surface area contributed by atoms with Crippen molar-refractivity contribution >= 4 is 11.8 Å². The molecular formula is C21H25N3O5. The number of rotatable bonds is 6. The number of likely N-dealkylation sites (tertiary alicyclic amines) is 1. The highest BCUT2D eigenvalue weighted by molar-refractivity contribution is 5.97. The normalized spacial score (nSPS) is 15.1. The molecule has 0 unspecified atom stereocenters. The maximum Gasteiger partial charge on any atom is 0.268 e. The number of nitrogens with zero attached hydrogens (tertiary/aromatic N) is 1. The molecule has 154 valence electrons. The third kappa shape index (κ3) is 6.60. The van der Waals surface area contributed by atoms with E-state index in [0.29, 0.717) is 12.1 Å². The van der Waals surface area contributed by atoms with Crippen molar-refractivity contribution in [1.82, 2.24) is 15.7 Å². The number of amides is 2. The van der Waals surface area contributed by atoms with E-state index in [9.17, 15) is 14.7 Å². The number of aliphatic hydroxyl groups excluding tert-OH is 1. The second kappa shape index (κ2) is 10.1. The molecule has 1 saturated heterocycles. The molecule has 2 rings (SSSR count). The van der Waals surface area contributed by atoms with Crippen LogP contribution in [0.4, 0.5) is 0 Å². The highest BCUT2D eigenvalue weighted by Crippen LogP contribution is 2.13. The Morgan fingerprint density at radius 1 is 1.24 bits per heavy atom. The number of benzene rings is 1. The molecule has 0 aromatic heterocycles. The van der Waals surface area contributed by atoms with Gasteiger partial charge in [-0.25, -0.2) is 5.48 Å². The van der Waals surface area contributed by atoms with Gasteiger partial charge in [-0.15, -0.1) is 0 Å². The predicted octanol–water partition coefficient (Wildman–Crippen LogP) is -0.660. The van der Waals surface area contributed by atoms with Gasteiger partial charge in [-0.2, -0.15) is 0 Å². The minimum atomic E-state index is -1.57. The SMILES string of the molecule is CC(C)(O)[C@H](NC(=O)c1ccc(C#CC#CC2CN(CCO)C2)cc1)C(=O)NO. The molecule has 1 fully saturated rings. The number of hydrogen-bond donors (Lipinski definition) is 5. The average Bonchev–Trinajstić information content (AvgIpc) is 2.65. The van der Waals surface area contributed by atoms with Crippen LogP contribution in [0.3, 0.4) is 0 Å². The zero-order valence-electron chi connectivity index (χ0n) is 16.4. The fourth-order valence-electron chi connectivity index (χ4n) is 2.77. The Morgan fingerprint density at radius 2 is 1.90 bits per heavy atom. The number of β-amino-alcohol motifs (C(OH)–C–C–N with tert-alkyl or cyclic N) is 1. The van der Waals surface area contributed by atoms with Gasteiger partial charge in [0.1, 0.15) is 6.04 Å². The molecule has 5 N–H and O–H groups in total. The van der Waals surface area contributed by atoms with Crippen molar-refractivity contribution in [1.29, 1.82) is 0 Å². The minimum Gasteiger partial charge on any atom is -0.395 e. The zero-order valence-corrected chi connectivity index (χ0v) is 16.4. The van der Waals surface area contributed by atoms with Crippen LogP contribution in [-0.2, 0) is 4.79 Å². The summed E-state index contributed by atoms with van der Waals surface area (Å²) in [5, 5.41) is 30.0. The van der Waals surface area contributed by atoms with E-state index in [4.69, 9.17) is 10.3 Å². The Hall–Kier alpha value is -2.88. The lowest BCUT2D eigenvalue weighted by atomic mass is 9.97. The Labute approximate surface area is 169 Å². The van der Waals surface area contributed by atoms with Crippen LogP contribution in [0.5, 0.6) is 0 Å². The van der Waals surface area contributed by atoms with Crippen molar-refractivity contribution in [3.63, 3.8) is 0 Å². The van der Waals surface area contributed by atoms with Gasteiger partial charge in [0.25, 0.3) is 11.8 Å². The topological polar surface area (TPSA) is 122 Å².